The number of aryl methyl sites for hydroxylation is 2. The number of aliphatic hydroxyl groups is 1. The number of fused-ring (bicyclic) bond motifs is 2. The first-order valence-corrected chi connectivity index (χ1v) is 11.0. The largest absolute Gasteiger partial charge is 0.444 e. The molecule has 2 N–H and O–H groups in total. The summed E-state index contributed by atoms with van der Waals surface area (Å²) in [4.78, 5) is 14.7. The second kappa shape index (κ2) is 8.31. The monoisotopic (exact) mass is 408 g/mol. The summed E-state index contributed by atoms with van der Waals surface area (Å²) in [7, 11) is 0. The molecule has 1 aliphatic heterocycles. The Labute approximate surface area is 179 Å². The van der Waals surface area contributed by atoms with Gasteiger partial charge in [0.15, 0.2) is 0 Å². The maximum Gasteiger partial charge on any atom is 0.407 e. The molecule has 1 fully saturated rings. The predicted octanol–water partition coefficient (Wildman–Crippen LogP) is 4.73. The highest BCUT2D eigenvalue weighted by atomic mass is 16.6. The summed E-state index contributed by atoms with van der Waals surface area (Å²) in [6.07, 6.45) is 3.35. The van der Waals surface area contributed by atoms with E-state index >= 15 is 0 Å². The van der Waals surface area contributed by atoms with E-state index in [9.17, 15) is 9.90 Å². The van der Waals surface area contributed by atoms with E-state index in [-0.39, 0.29) is 12.1 Å². The van der Waals surface area contributed by atoms with Crippen molar-refractivity contribution in [2.75, 3.05) is 4.90 Å². The average Bonchev–Trinajstić information content (AvgIpc) is 2.85. The SMILES string of the molecule is CC(C)(C)OC(=O)N[C@H]1CCC[C@H](N2c3ccccc3CCc3ccccc32)[C@@H]1O. The van der Waals surface area contributed by atoms with Crippen LogP contribution in [0.5, 0.6) is 0 Å². The van der Waals surface area contributed by atoms with Gasteiger partial charge in [-0.05, 0) is 76.1 Å². The summed E-state index contributed by atoms with van der Waals surface area (Å²) in [5, 5.41) is 14.3. The zero-order chi connectivity index (χ0) is 21.3. The van der Waals surface area contributed by atoms with Crippen molar-refractivity contribution >= 4 is 17.5 Å². The second-order valence-corrected chi connectivity index (χ2v) is 9.37. The number of aliphatic hydroxyl groups excluding tert-OH is 1. The molecular weight excluding hydrogens is 376 g/mol. The predicted molar refractivity (Wildman–Crippen MR) is 119 cm³/mol. The lowest BCUT2D eigenvalue weighted by atomic mass is 9.86. The standard InChI is InChI=1S/C25H32N2O3/c1-25(2,3)30-24(29)26-19-11-8-14-22(23(19)28)27-20-12-6-4-9-17(20)15-16-18-10-5-7-13-21(18)27/h4-7,9-10,12-13,19,22-23,28H,8,11,14-16H2,1-3H3,(H,26,29)/t19-,22-,23+/m0/s1. The zero-order valence-electron chi connectivity index (χ0n) is 18.1. The molecule has 5 nitrogen and oxygen atoms in total. The van der Waals surface area contributed by atoms with Crippen molar-refractivity contribution in [2.24, 2.45) is 0 Å². The Morgan fingerprint density at radius 1 is 1.00 bits per heavy atom. The van der Waals surface area contributed by atoms with Gasteiger partial charge < -0.3 is 20.1 Å². The first-order valence-electron chi connectivity index (χ1n) is 11.0. The summed E-state index contributed by atoms with van der Waals surface area (Å²) in [5.41, 5.74) is 4.34. The van der Waals surface area contributed by atoms with Crippen molar-refractivity contribution < 1.29 is 14.6 Å². The van der Waals surface area contributed by atoms with Crippen LogP contribution in [-0.2, 0) is 17.6 Å². The van der Waals surface area contributed by atoms with Crippen molar-refractivity contribution in [1.29, 1.82) is 0 Å². The van der Waals surface area contributed by atoms with Crippen molar-refractivity contribution in [3.8, 4) is 0 Å². The first-order chi connectivity index (χ1) is 14.3. The number of amides is 1. The molecule has 0 saturated heterocycles. The number of ether oxygens (including phenoxy) is 1. The van der Waals surface area contributed by atoms with Crippen LogP contribution >= 0.6 is 0 Å². The number of nitrogens with one attached hydrogen (secondary N) is 1. The first kappa shape index (κ1) is 20.7. The fraction of sp³-hybridized carbons (Fsp3) is 0.480. The molecule has 1 amide bonds. The maximum absolute atomic E-state index is 12.3. The number of hydrogen-bond donors (Lipinski definition) is 2. The fourth-order valence-corrected chi connectivity index (χ4v) is 4.73. The molecule has 5 heteroatoms. The molecule has 0 bridgehead atoms. The molecule has 1 aliphatic carbocycles. The van der Waals surface area contributed by atoms with E-state index in [1.54, 1.807) is 0 Å². The topological polar surface area (TPSA) is 61.8 Å². The number of hydrogen-bond acceptors (Lipinski definition) is 4. The molecule has 0 aromatic heterocycles. The van der Waals surface area contributed by atoms with E-state index in [0.29, 0.717) is 0 Å². The Morgan fingerprint density at radius 2 is 1.57 bits per heavy atom. The van der Waals surface area contributed by atoms with E-state index in [1.165, 1.54) is 11.1 Å². The van der Waals surface area contributed by atoms with Crippen LogP contribution in [0.25, 0.3) is 0 Å². The molecular formula is C25H32N2O3. The highest BCUT2D eigenvalue weighted by Gasteiger charge is 2.39. The van der Waals surface area contributed by atoms with Gasteiger partial charge in [-0.15, -0.1) is 0 Å². The summed E-state index contributed by atoms with van der Waals surface area (Å²) in [6, 6.07) is 16.5. The third-order valence-corrected chi connectivity index (χ3v) is 6.02. The van der Waals surface area contributed by atoms with Crippen LogP contribution in [0.3, 0.4) is 0 Å². The normalized spacial score (nSPS) is 23.7. The van der Waals surface area contributed by atoms with Crippen molar-refractivity contribution in [1.82, 2.24) is 5.32 Å². The Balaban J connectivity index is 1.65. The minimum absolute atomic E-state index is 0.112. The van der Waals surface area contributed by atoms with Crippen LogP contribution in [-0.4, -0.2) is 35.0 Å². The number of alkyl carbamates (subject to hydrolysis) is 1. The summed E-state index contributed by atoms with van der Waals surface area (Å²) in [5.74, 6) is 0. The summed E-state index contributed by atoms with van der Waals surface area (Å²) < 4.78 is 5.43. The summed E-state index contributed by atoms with van der Waals surface area (Å²) >= 11 is 0. The lowest BCUT2D eigenvalue weighted by molar-refractivity contribution is 0.0319. The Bertz CT molecular complexity index is 858. The molecule has 2 aromatic rings. The van der Waals surface area contributed by atoms with Gasteiger partial charge in [-0.3, -0.25) is 0 Å². The van der Waals surface area contributed by atoms with Gasteiger partial charge in [0.1, 0.15) is 5.60 Å². The molecule has 2 aliphatic rings. The van der Waals surface area contributed by atoms with Gasteiger partial charge in [0, 0.05) is 11.4 Å². The average molecular weight is 409 g/mol. The highest BCUT2D eigenvalue weighted by Crippen LogP contribution is 2.40. The van der Waals surface area contributed by atoms with Crippen LogP contribution in [0.4, 0.5) is 16.2 Å². The fourth-order valence-electron chi connectivity index (χ4n) is 4.73. The Kier molecular flexibility index (Phi) is 5.74. The zero-order valence-corrected chi connectivity index (χ0v) is 18.1. The van der Waals surface area contributed by atoms with Gasteiger partial charge >= 0.3 is 6.09 Å². The number of carbonyl (C=O) groups excluding carboxylic acids is 1. The lowest BCUT2D eigenvalue weighted by Crippen LogP contribution is -2.56. The smallest absolute Gasteiger partial charge is 0.407 e. The van der Waals surface area contributed by atoms with Crippen molar-refractivity contribution in [2.45, 2.75) is 76.7 Å². The maximum atomic E-state index is 12.3. The molecule has 0 spiro atoms. The van der Waals surface area contributed by atoms with E-state index < -0.39 is 17.8 Å². The number of carbonyl (C=O) groups is 1. The van der Waals surface area contributed by atoms with Gasteiger partial charge in [-0.1, -0.05) is 36.4 Å². The van der Waals surface area contributed by atoms with Crippen LogP contribution in [0.2, 0.25) is 0 Å². The Morgan fingerprint density at radius 3 is 2.13 bits per heavy atom. The van der Waals surface area contributed by atoms with Gasteiger partial charge in [-0.2, -0.15) is 0 Å². The summed E-state index contributed by atoms with van der Waals surface area (Å²) in [6.45, 7) is 5.54. The van der Waals surface area contributed by atoms with Crippen LogP contribution < -0.4 is 10.2 Å². The minimum atomic E-state index is -0.689. The second-order valence-electron chi connectivity index (χ2n) is 9.37. The van der Waals surface area contributed by atoms with E-state index in [1.807, 2.05) is 20.8 Å². The molecule has 1 saturated carbocycles. The molecule has 0 radical (unpaired) electrons. The van der Waals surface area contributed by atoms with Gasteiger partial charge in [0.2, 0.25) is 0 Å². The van der Waals surface area contributed by atoms with Crippen LogP contribution in [0, 0.1) is 0 Å². The van der Waals surface area contributed by atoms with Crippen LogP contribution in [0.15, 0.2) is 48.5 Å². The number of rotatable bonds is 2. The Hall–Kier alpha value is -2.53. The molecule has 3 atom stereocenters. The van der Waals surface area contributed by atoms with E-state index in [2.05, 4.69) is 58.7 Å². The number of para-hydroxylation sites is 2. The molecule has 1 heterocycles. The van der Waals surface area contributed by atoms with Crippen molar-refractivity contribution in [3.05, 3.63) is 59.7 Å². The quantitative estimate of drug-likeness (QED) is 0.754. The molecule has 4 rings (SSSR count). The number of benzene rings is 2. The molecule has 0 unspecified atom stereocenters. The molecule has 2 aromatic carbocycles. The van der Waals surface area contributed by atoms with Gasteiger partial charge in [0.05, 0.1) is 18.2 Å². The third kappa shape index (κ3) is 4.31. The highest BCUT2D eigenvalue weighted by molar-refractivity contribution is 5.72. The van der Waals surface area contributed by atoms with Gasteiger partial charge in [0.25, 0.3) is 0 Å². The van der Waals surface area contributed by atoms with E-state index in [4.69, 9.17) is 4.74 Å². The number of anilines is 2. The molecule has 30 heavy (non-hydrogen) atoms. The van der Waals surface area contributed by atoms with Gasteiger partial charge in [-0.25, -0.2) is 4.79 Å². The third-order valence-electron chi connectivity index (χ3n) is 6.02. The molecule has 160 valence electrons. The van der Waals surface area contributed by atoms with Crippen LogP contribution in [0.1, 0.15) is 51.2 Å². The van der Waals surface area contributed by atoms with Crippen molar-refractivity contribution in [3.63, 3.8) is 0 Å². The lowest BCUT2D eigenvalue weighted by Gasteiger charge is -2.43. The number of nitrogens with zero attached hydrogens (tertiary/aromatic N) is 1. The van der Waals surface area contributed by atoms with E-state index in [0.717, 1.165) is 43.5 Å². The minimum Gasteiger partial charge on any atom is -0.444 e.